The van der Waals surface area contributed by atoms with Gasteiger partial charge in [0.05, 0.1) is 19.8 Å². The standard InChI is InChI=1S/C22H20ClN3O4S/c1-29-16-8-4-7-14(19(16)30-2)15-10-17(27)24-20-18(15)21(28)26-22(25-20)31-11-12-5-3-6-13(23)9-12/h3-9,15H,10-11H2,1-2H3,(H2,24,25,26,27,28)/t15-/m1/s1. The molecule has 0 saturated carbocycles. The summed E-state index contributed by atoms with van der Waals surface area (Å²) in [5, 5.41) is 3.80. The van der Waals surface area contributed by atoms with Gasteiger partial charge in [-0.05, 0) is 23.8 Å². The third-order valence-electron chi connectivity index (χ3n) is 5.00. The maximum Gasteiger partial charge on any atom is 0.257 e. The molecule has 1 aromatic heterocycles. The second-order valence-corrected chi connectivity index (χ2v) is 8.34. The van der Waals surface area contributed by atoms with Crippen LogP contribution in [0.2, 0.25) is 5.02 Å². The second-order valence-electron chi connectivity index (χ2n) is 6.94. The molecule has 2 heterocycles. The average molecular weight is 458 g/mol. The monoisotopic (exact) mass is 457 g/mol. The Morgan fingerprint density at radius 3 is 2.71 bits per heavy atom. The van der Waals surface area contributed by atoms with E-state index in [1.165, 1.54) is 18.9 Å². The largest absolute Gasteiger partial charge is 0.493 e. The zero-order valence-corrected chi connectivity index (χ0v) is 18.5. The van der Waals surface area contributed by atoms with Gasteiger partial charge in [-0.15, -0.1) is 0 Å². The average Bonchev–Trinajstić information content (AvgIpc) is 2.76. The highest BCUT2D eigenvalue weighted by Gasteiger charge is 2.33. The zero-order chi connectivity index (χ0) is 22.0. The van der Waals surface area contributed by atoms with Crippen LogP contribution in [0.15, 0.2) is 52.4 Å². The van der Waals surface area contributed by atoms with E-state index in [-0.39, 0.29) is 23.7 Å². The third-order valence-corrected chi connectivity index (χ3v) is 6.18. The van der Waals surface area contributed by atoms with Gasteiger partial charge in [0.2, 0.25) is 5.91 Å². The SMILES string of the molecule is COc1cccc([C@H]2CC(=O)Nc3nc(SCc4cccc(Cl)c4)[nH]c(=O)c32)c1OC. The van der Waals surface area contributed by atoms with Crippen molar-refractivity contribution in [2.24, 2.45) is 0 Å². The highest BCUT2D eigenvalue weighted by atomic mass is 35.5. The van der Waals surface area contributed by atoms with Gasteiger partial charge in [-0.1, -0.05) is 47.6 Å². The summed E-state index contributed by atoms with van der Waals surface area (Å²) in [6.45, 7) is 0. The van der Waals surface area contributed by atoms with Crippen molar-refractivity contribution in [1.82, 2.24) is 9.97 Å². The quantitative estimate of drug-likeness (QED) is 0.425. The minimum atomic E-state index is -0.503. The molecular formula is C22H20ClN3O4S. The highest BCUT2D eigenvalue weighted by molar-refractivity contribution is 7.98. The van der Waals surface area contributed by atoms with Crippen LogP contribution in [0.25, 0.3) is 0 Å². The number of rotatable bonds is 6. The Kier molecular flexibility index (Phi) is 6.20. The van der Waals surface area contributed by atoms with Crippen molar-refractivity contribution in [3.63, 3.8) is 0 Å². The van der Waals surface area contributed by atoms with Gasteiger partial charge in [0.15, 0.2) is 16.7 Å². The molecule has 31 heavy (non-hydrogen) atoms. The predicted molar refractivity (Wildman–Crippen MR) is 121 cm³/mol. The summed E-state index contributed by atoms with van der Waals surface area (Å²) in [7, 11) is 3.07. The van der Waals surface area contributed by atoms with Crippen LogP contribution in [-0.2, 0) is 10.5 Å². The number of H-pyrrole nitrogens is 1. The van der Waals surface area contributed by atoms with Gasteiger partial charge < -0.3 is 19.8 Å². The molecule has 9 heteroatoms. The molecule has 4 rings (SSSR count). The van der Waals surface area contributed by atoms with Crippen LogP contribution in [0.4, 0.5) is 5.82 Å². The smallest absolute Gasteiger partial charge is 0.257 e. The Labute approximate surface area is 188 Å². The number of nitrogens with one attached hydrogen (secondary N) is 2. The van der Waals surface area contributed by atoms with Crippen LogP contribution in [0, 0.1) is 0 Å². The van der Waals surface area contributed by atoms with E-state index in [4.69, 9.17) is 21.1 Å². The predicted octanol–water partition coefficient (Wildman–Crippen LogP) is 4.21. The number of benzene rings is 2. The summed E-state index contributed by atoms with van der Waals surface area (Å²) in [6, 6.07) is 12.9. The van der Waals surface area contributed by atoms with E-state index in [0.717, 1.165) is 5.56 Å². The molecular weight excluding hydrogens is 438 g/mol. The fourth-order valence-electron chi connectivity index (χ4n) is 3.65. The van der Waals surface area contributed by atoms with Gasteiger partial charge in [0, 0.05) is 28.7 Å². The van der Waals surface area contributed by atoms with Crippen molar-refractivity contribution in [3.05, 3.63) is 74.5 Å². The summed E-state index contributed by atoms with van der Waals surface area (Å²) < 4.78 is 10.9. The maximum atomic E-state index is 13.0. The van der Waals surface area contributed by atoms with Crippen molar-refractivity contribution < 1.29 is 14.3 Å². The van der Waals surface area contributed by atoms with E-state index in [1.807, 2.05) is 24.3 Å². The van der Waals surface area contributed by atoms with Crippen LogP contribution in [-0.4, -0.2) is 30.1 Å². The van der Waals surface area contributed by atoms with E-state index < -0.39 is 5.92 Å². The molecule has 160 valence electrons. The Morgan fingerprint density at radius 2 is 1.97 bits per heavy atom. The van der Waals surface area contributed by atoms with Gasteiger partial charge in [0.1, 0.15) is 5.82 Å². The maximum absolute atomic E-state index is 13.0. The topological polar surface area (TPSA) is 93.3 Å². The Bertz CT molecular complexity index is 1200. The first-order chi connectivity index (χ1) is 15.0. The number of hydrogen-bond acceptors (Lipinski definition) is 6. The summed E-state index contributed by atoms with van der Waals surface area (Å²) >= 11 is 7.39. The molecule has 0 fully saturated rings. The number of anilines is 1. The number of nitrogens with zero attached hydrogens (tertiary/aromatic N) is 1. The van der Waals surface area contributed by atoms with E-state index in [2.05, 4.69) is 15.3 Å². The molecule has 1 aliphatic heterocycles. The molecule has 1 atom stereocenters. The Balaban J connectivity index is 1.70. The minimum absolute atomic E-state index is 0.107. The number of aromatic nitrogens is 2. The van der Waals surface area contributed by atoms with Crippen molar-refractivity contribution >= 4 is 35.1 Å². The van der Waals surface area contributed by atoms with Crippen LogP contribution < -0.4 is 20.3 Å². The number of aromatic amines is 1. The van der Waals surface area contributed by atoms with E-state index in [9.17, 15) is 9.59 Å². The first-order valence-electron chi connectivity index (χ1n) is 9.52. The summed E-state index contributed by atoms with van der Waals surface area (Å²) in [6.07, 6.45) is 0.107. The fraction of sp³-hybridized carbons (Fsp3) is 0.227. The molecule has 2 aromatic carbocycles. The second kappa shape index (κ2) is 9.03. The van der Waals surface area contributed by atoms with E-state index in [0.29, 0.717) is 38.6 Å². The number of amides is 1. The van der Waals surface area contributed by atoms with Gasteiger partial charge in [0.25, 0.3) is 5.56 Å². The van der Waals surface area contributed by atoms with Crippen LogP contribution in [0.3, 0.4) is 0 Å². The van der Waals surface area contributed by atoms with Gasteiger partial charge >= 0.3 is 0 Å². The molecule has 0 saturated heterocycles. The molecule has 1 amide bonds. The molecule has 0 spiro atoms. The minimum Gasteiger partial charge on any atom is -0.493 e. The lowest BCUT2D eigenvalue weighted by molar-refractivity contribution is -0.116. The number of carbonyl (C=O) groups is 1. The van der Waals surface area contributed by atoms with Crippen molar-refractivity contribution in [2.45, 2.75) is 23.2 Å². The Hall–Kier alpha value is -2.97. The van der Waals surface area contributed by atoms with Gasteiger partial charge in [-0.25, -0.2) is 4.98 Å². The molecule has 3 aromatic rings. The summed E-state index contributed by atoms with van der Waals surface area (Å²) in [5.41, 5.74) is 1.80. The highest BCUT2D eigenvalue weighted by Crippen LogP contribution is 2.42. The van der Waals surface area contributed by atoms with Crippen molar-refractivity contribution in [1.29, 1.82) is 0 Å². The molecule has 0 aliphatic carbocycles. The van der Waals surface area contributed by atoms with E-state index >= 15 is 0 Å². The normalized spacial score (nSPS) is 15.2. The fourth-order valence-corrected chi connectivity index (χ4v) is 4.67. The lowest BCUT2D eigenvalue weighted by Crippen LogP contribution is -2.31. The summed E-state index contributed by atoms with van der Waals surface area (Å²) in [4.78, 5) is 32.8. The Morgan fingerprint density at radius 1 is 1.16 bits per heavy atom. The number of ether oxygens (including phenoxy) is 2. The number of thioether (sulfide) groups is 1. The number of halogens is 1. The number of hydrogen-bond donors (Lipinski definition) is 2. The third kappa shape index (κ3) is 4.40. The number of fused-ring (bicyclic) bond motifs is 1. The van der Waals surface area contributed by atoms with Crippen LogP contribution >= 0.6 is 23.4 Å². The number of carbonyl (C=O) groups excluding carboxylic acids is 1. The first-order valence-corrected chi connectivity index (χ1v) is 10.9. The van der Waals surface area contributed by atoms with Crippen molar-refractivity contribution in [3.8, 4) is 11.5 Å². The van der Waals surface area contributed by atoms with E-state index in [1.54, 1.807) is 25.3 Å². The molecule has 1 aliphatic rings. The molecule has 2 N–H and O–H groups in total. The molecule has 0 radical (unpaired) electrons. The van der Waals surface area contributed by atoms with Gasteiger partial charge in [-0.3, -0.25) is 9.59 Å². The van der Waals surface area contributed by atoms with Crippen LogP contribution in [0.5, 0.6) is 11.5 Å². The number of methoxy groups -OCH3 is 2. The van der Waals surface area contributed by atoms with Gasteiger partial charge in [-0.2, -0.15) is 0 Å². The lowest BCUT2D eigenvalue weighted by Gasteiger charge is -2.26. The molecule has 0 unspecified atom stereocenters. The van der Waals surface area contributed by atoms with Crippen molar-refractivity contribution in [2.75, 3.05) is 19.5 Å². The molecule has 0 bridgehead atoms. The lowest BCUT2D eigenvalue weighted by atomic mass is 9.86. The first kappa shape index (κ1) is 21.3. The number of para-hydroxylation sites is 1. The molecule has 7 nitrogen and oxygen atoms in total. The van der Waals surface area contributed by atoms with Crippen LogP contribution in [0.1, 0.15) is 29.0 Å². The summed E-state index contributed by atoms with van der Waals surface area (Å²) in [5.74, 6) is 1.15. The zero-order valence-electron chi connectivity index (χ0n) is 16.9.